The monoisotopic (exact) mass is 480 g/mol. The number of hydrogen-bond acceptors (Lipinski definition) is 6. The zero-order valence-electron chi connectivity index (χ0n) is 21.5. The molecule has 1 fully saturated rings. The van der Waals surface area contributed by atoms with Crippen molar-refractivity contribution in [1.82, 2.24) is 0 Å². The topological polar surface area (TPSA) is 55.4 Å². The van der Waals surface area contributed by atoms with Crippen molar-refractivity contribution in [3.8, 4) is 5.75 Å². The van der Waals surface area contributed by atoms with Gasteiger partial charge in [0.1, 0.15) is 12.4 Å². The van der Waals surface area contributed by atoms with Crippen LogP contribution in [0.3, 0.4) is 0 Å². The van der Waals surface area contributed by atoms with Crippen LogP contribution in [-0.4, -0.2) is 65.8 Å². The number of aryl methyl sites for hydroxylation is 1. The van der Waals surface area contributed by atoms with E-state index in [-0.39, 0.29) is 6.29 Å². The maximum Gasteiger partial charge on any atom is 0.157 e. The Morgan fingerprint density at radius 2 is 1.32 bits per heavy atom. The van der Waals surface area contributed by atoms with Crippen molar-refractivity contribution in [2.45, 2.75) is 83.8 Å². The first kappa shape index (κ1) is 29.1. The summed E-state index contributed by atoms with van der Waals surface area (Å²) < 4.78 is 33.5. The van der Waals surface area contributed by atoms with Crippen LogP contribution in [-0.2, 0) is 30.1 Å². The molecule has 0 N–H and O–H groups in total. The smallest absolute Gasteiger partial charge is 0.157 e. The Morgan fingerprint density at radius 3 is 1.97 bits per heavy atom. The van der Waals surface area contributed by atoms with E-state index >= 15 is 0 Å². The first-order valence-corrected chi connectivity index (χ1v) is 13.6. The quantitative estimate of drug-likeness (QED) is 0.191. The van der Waals surface area contributed by atoms with Crippen molar-refractivity contribution in [2.24, 2.45) is 0 Å². The highest BCUT2D eigenvalue weighted by molar-refractivity contribution is 5.27. The van der Waals surface area contributed by atoms with Gasteiger partial charge in [-0.25, -0.2) is 0 Å². The van der Waals surface area contributed by atoms with Crippen LogP contribution in [0.15, 0.2) is 24.3 Å². The number of ether oxygens (including phenoxy) is 6. The van der Waals surface area contributed by atoms with E-state index in [9.17, 15) is 0 Å². The molecule has 2 rings (SSSR count). The third kappa shape index (κ3) is 15.7. The molecule has 0 spiro atoms. The highest BCUT2D eigenvalue weighted by atomic mass is 16.7. The summed E-state index contributed by atoms with van der Waals surface area (Å²) >= 11 is 0. The molecule has 0 amide bonds. The van der Waals surface area contributed by atoms with Crippen molar-refractivity contribution in [1.29, 1.82) is 0 Å². The van der Waals surface area contributed by atoms with E-state index in [4.69, 9.17) is 28.4 Å². The van der Waals surface area contributed by atoms with Gasteiger partial charge < -0.3 is 28.4 Å². The lowest BCUT2D eigenvalue weighted by Gasteiger charge is -2.22. The third-order valence-corrected chi connectivity index (χ3v) is 5.90. The summed E-state index contributed by atoms with van der Waals surface area (Å²) in [5, 5.41) is 0. The Hall–Kier alpha value is -1.18. The van der Waals surface area contributed by atoms with Crippen molar-refractivity contribution < 1.29 is 28.4 Å². The maximum atomic E-state index is 5.76. The summed E-state index contributed by atoms with van der Waals surface area (Å²) in [6, 6.07) is 8.48. The fourth-order valence-corrected chi connectivity index (χ4v) is 3.88. The van der Waals surface area contributed by atoms with E-state index in [1.807, 2.05) is 0 Å². The molecule has 1 aromatic rings. The Balaban J connectivity index is 1.31. The Morgan fingerprint density at radius 1 is 0.706 bits per heavy atom. The van der Waals surface area contributed by atoms with Gasteiger partial charge in [-0.05, 0) is 49.8 Å². The fraction of sp³-hybridized carbons (Fsp3) is 0.786. The van der Waals surface area contributed by atoms with Gasteiger partial charge in [-0.2, -0.15) is 0 Å². The van der Waals surface area contributed by atoms with E-state index in [0.717, 1.165) is 31.6 Å². The van der Waals surface area contributed by atoms with E-state index in [0.29, 0.717) is 52.9 Å². The van der Waals surface area contributed by atoms with Crippen LogP contribution in [0.1, 0.15) is 76.7 Å². The van der Waals surface area contributed by atoms with Crippen LogP contribution < -0.4 is 4.74 Å². The minimum Gasteiger partial charge on any atom is -0.491 e. The second-order valence-electron chi connectivity index (χ2n) is 8.87. The van der Waals surface area contributed by atoms with Gasteiger partial charge in [-0.1, -0.05) is 57.6 Å². The molecule has 1 atom stereocenters. The van der Waals surface area contributed by atoms with Gasteiger partial charge in [0.2, 0.25) is 0 Å². The summed E-state index contributed by atoms with van der Waals surface area (Å²) in [5.41, 5.74) is 1.39. The summed E-state index contributed by atoms with van der Waals surface area (Å²) in [7, 11) is 0. The molecule has 1 unspecified atom stereocenters. The molecular formula is C28H48O6. The van der Waals surface area contributed by atoms with Gasteiger partial charge >= 0.3 is 0 Å². The van der Waals surface area contributed by atoms with Crippen molar-refractivity contribution in [3.63, 3.8) is 0 Å². The molecule has 0 aliphatic carbocycles. The van der Waals surface area contributed by atoms with Crippen LogP contribution in [0.4, 0.5) is 0 Å². The van der Waals surface area contributed by atoms with E-state index in [1.54, 1.807) is 0 Å². The molecule has 6 nitrogen and oxygen atoms in total. The molecule has 1 heterocycles. The molecule has 0 aromatic heterocycles. The van der Waals surface area contributed by atoms with E-state index < -0.39 is 0 Å². The van der Waals surface area contributed by atoms with Crippen LogP contribution in [0.2, 0.25) is 0 Å². The standard InChI is InChI=1S/C28H48O6/c1-2-3-4-5-6-7-8-11-26-13-15-27(16-14-26)32-24-22-30-20-18-29-19-21-31-23-25-34-28-12-9-10-17-33-28/h13-16,28H,2-12,17-25H2,1H3. The zero-order chi connectivity index (χ0) is 23.9. The Kier molecular flexibility index (Phi) is 18.1. The number of unbranched alkanes of at least 4 members (excludes halogenated alkanes) is 6. The molecule has 0 saturated carbocycles. The number of benzene rings is 1. The molecule has 1 aromatic carbocycles. The predicted molar refractivity (Wildman–Crippen MR) is 136 cm³/mol. The zero-order valence-corrected chi connectivity index (χ0v) is 21.5. The molecule has 0 radical (unpaired) electrons. The number of hydrogen-bond donors (Lipinski definition) is 0. The first-order chi connectivity index (χ1) is 16.9. The third-order valence-electron chi connectivity index (χ3n) is 5.90. The van der Waals surface area contributed by atoms with Crippen LogP contribution in [0.25, 0.3) is 0 Å². The fourth-order valence-electron chi connectivity index (χ4n) is 3.88. The number of rotatable bonds is 22. The molecule has 34 heavy (non-hydrogen) atoms. The van der Waals surface area contributed by atoms with Gasteiger partial charge in [-0.15, -0.1) is 0 Å². The second kappa shape index (κ2) is 21.1. The molecule has 6 heteroatoms. The average molecular weight is 481 g/mol. The van der Waals surface area contributed by atoms with Crippen LogP contribution in [0.5, 0.6) is 5.75 Å². The normalized spacial score (nSPS) is 16.1. The predicted octanol–water partition coefficient (Wildman–Crippen LogP) is 5.95. The summed E-state index contributed by atoms with van der Waals surface area (Å²) in [6.45, 7) is 7.55. The van der Waals surface area contributed by atoms with Gasteiger partial charge in [0.05, 0.1) is 46.2 Å². The van der Waals surface area contributed by atoms with Gasteiger partial charge in [0.15, 0.2) is 6.29 Å². The van der Waals surface area contributed by atoms with Gasteiger partial charge in [0, 0.05) is 6.61 Å². The van der Waals surface area contributed by atoms with E-state index in [1.165, 1.54) is 56.9 Å². The molecule has 1 saturated heterocycles. The minimum absolute atomic E-state index is 0.0474. The highest BCUT2D eigenvalue weighted by Gasteiger charge is 2.13. The largest absolute Gasteiger partial charge is 0.491 e. The first-order valence-electron chi connectivity index (χ1n) is 13.6. The van der Waals surface area contributed by atoms with Crippen LogP contribution >= 0.6 is 0 Å². The lowest BCUT2D eigenvalue weighted by molar-refractivity contribution is -0.169. The summed E-state index contributed by atoms with van der Waals surface area (Å²) in [4.78, 5) is 0. The van der Waals surface area contributed by atoms with Gasteiger partial charge in [0.25, 0.3) is 0 Å². The van der Waals surface area contributed by atoms with Crippen molar-refractivity contribution in [2.75, 3.05) is 59.5 Å². The maximum absolute atomic E-state index is 5.76. The van der Waals surface area contributed by atoms with Crippen LogP contribution in [0, 0.1) is 0 Å². The molecule has 196 valence electrons. The average Bonchev–Trinajstić information content (AvgIpc) is 2.87. The SMILES string of the molecule is CCCCCCCCCc1ccc(OCCOCCOCCOCCOC2CCCCO2)cc1. The van der Waals surface area contributed by atoms with Crippen molar-refractivity contribution >= 4 is 0 Å². The molecule has 0 bridgehead atoms. The summed E-state index contributed by atoms with van der Waals surface area (Å²) in [6.07, 6.45) is 13.9. The van der Waals surface area contributed by atoms with E-state index in [2.05, 4.69) is 31.2 Å². The summed E-state index contributed by atoms with van der Waals surface area (Å²) in [5.74, 6) is 0.902. The second-order valence-corrected chi connectivity index (χ2v) is 8.87. The van der Waals surface area contributed by atoms with Gasteiger partial charge in [-0.3, -0.25) is 0 Å². The molecule has 1 aliphatic rings. The molecular weight excluding hydrogens is 432 g/mol. The molecule has 1 aliphatic heterocycles. The lowest BCUT2D eigenvalue weighted by Crippen LogP contribution is -2.24. The Labute approximate surface area is 207 Å². The minimum atomic E-state index is -0.0474. The highest BCUT2D eigenvalue weighted by Crippen LogP contribution is 2.15. The van der Waals surface area contributed by atoms with Crippen molar-refractivity contribution in [3.05, 3.63) is 29.8 Å². The lowest BCUT2D eigenvalue weighted by atomic mass is 10.0. The Bertz CT molecular complexity index is 559.